The van der Waals surface area contributed by atoms with Crippen LogP contribution in [0.5, 0.6) is 0 Å². The van der Waals surface area contributed by atoms with Crippen LogP contribution in [-0.2, 0) is 6.54 Å². The predicted molar refractivity (Wildman–Crippen MR) is 86.9 cm³/mol. The highest BCUT2D eigenvalue weighted by Gasteiger charge is 2.17. The molecule has 0 spiro atoms. The molecule has 0 saturated carbocycles. The summed E-state index contributed by atoms with van der Waals surface area (Å²) in [5, 5.41) is 12.1. The van der Waals surface area contributed by atoms with E-state index < -0.39 is 0 Å². The molecule has 4 heteroatoms. The third-order valence-electron chi connectivity index (χ3n) is 4.47. The van der Waals surface area contributed by atoms with E-state index in [-0.39, 0.29) is 0 Å². The van der Waals surface area contributed by atoms with E-state index in [0.717, 1.165) is 18.7 Å². The van der Waals surface area contributed by atoms with Crippen molar-refractivity contribution in [2.75, 3.05) is 0 Å². The van der Waals surface area contributed by atoms with E-state index in [0.29, 0.717) is 11.8 Å². The Morgan fingerprint density at radius 1 is 1.00 bits per heavy atom. The highest BCUT2D eigenvalue weighted by atomic mass is 15.3. The summed E-state index contributed by atoms with van der Waals surface area (Å²) in [6.45, 7) is 16.2. The van der Waals surface area contributed by atoms with Gasteiger partial charge in [0, 0.05) is 17.9 Å². The average Bonchev–Trinajstić information content (AvgIpc) is 2.87. The lowest BCUT2D eigenvalue weighted by Crippen LogP contribution is -2.07. The zero-order valence-electron chi connectivity index (χ0n) is 14.4. The Hall–Kier alpha value is -1.58. The van der Waals surface area contributed by atoms with Gasteiger partial charge < -0.3 is 0 Å². The molecule has 1 N–H and O–H groups in total. The van der Waals surface area contributed by atoms with E-state index >= 15 is 0 Å². The summed E-state index contributed by atoms with van der Waals surface area (Å²) < 4.78 is 2.17. The van der Waals surface area contributed by atoms with E-state index in [1.807, 2.05) is 0 Å². The van der Waals surface area contributed by atoms with Gasteiger partial charge in [-0.2, -0.15) is 10.2 Å². The van der Waals surface area contributed by atoms with Gasteiger partial charge in [-0.15, -0.1) is 0 Å². The van der Waals surface area contributed by atoms with Gasteiger partial charge in [0.25, 0.3) is 0 Å². The summed E-state index contributed by atoms with van der Waals surface area (Å²) >= 11 is 0. The van der Waals surface area contributed by atoms with Crippen molar-refractivity contribution in [2.24, 2.45) is 0 Å². The van der Waals surface area contributed by atoms with E-state index in [1.165, 1.54) is 28.2 Å². The molecule has 0 aliphatic rings. The van der Waals surface area contributed by atoms with Gasteiger partial charge >= 0.3 is 0 Å². The molecule has 0 aromatic carbocycles. The standard InChI is InChI=1S/C17H28N4/c1-10(2)16-14(6)20-21(15(16)7)9-8-11(3)17-12(4)18-19-13(17)5/h10-11H,8-9H2,1-7H3,(H,18,19). The van der Waals surface area contributed by atoms with Gasteiger partial charge in [-0.05, 0) is 57.1 Å². The van der Waals surface area contributed by atoms with Crippen molar-refractivity contribution in [3.05, 3.63) is 33.9 Å². The Balaban J connectivity index is 2.12. The van der Waals surface area contributed by atoms with Crippen LogP contribution < -0.4 is 0 Å². The van der Waals surface area contributed by atoms with Crippen LogP contribution in [0.4, 0.5) is 0 Å². The Morgan fingerprint density at radius 3 is 2.14 bits per heavy atom. The fourth-order valence-electron chi connectivity index (χ4n) is 3.51. The summed E-state index contributed by atoms with van der Waals surface area (Å²) in [6.07, 6.45) is 1.08. The van der Waals surface area contributed by atoms with Crippen LogP contribution in [0.1, 0.15) is 72.9 Å². The maximum atomic E-state index is 4.72. The van der Waals surface area contributed by atoms with Crippen molar-refractivity contribution >= 4 is 0 Å². The van der Waals surface area contributed by atoms with Crippen molar-refractivity contribution in [3.63, 3.8) is 0 Å². The van der Waals surface area contributed by atoms with Gasteiger partial charge in [0.05, 0.1) is 11.4 Å². The monoisotopic (exact) mass is 288 g/mol. The molecule has 0 bridgehead atoms. The average molecular weight is 288 g/mol. The third kappa shape index (κ3) is 3.04. The first-order valence-electron chi connectivity index (χ1n) is 7.88. The van der Waals surface area contributed by atoms with Crippen LogP contribution >= 0.6 is 0 Å². The Labute approximate surface area is 128 Å². The molecule has 0 aliphatic carbocycles. The molecule has 0 aliphatic heterocycles. The minimum Gasteiger partial charge on any atom is -0.282 e. The molecule has 0 amide bonds. The van der Waals surface area contributed by atoms with Crippen LogP contribution in [0.25, 0.3) is 0 Å². The molecule has 2 rings (SSSR count). The molecule has 1 unspecified atom stereocenters. The number of nitrogens with one attached hydrogen (secondary N) is 1. The number of nitrogens with zero attached hydrogens (tertiary/aromatic N) is 3. The quantitative estimate of drug-likeness (QED) is 0.898. The first kappa shape index (κ1) is 15.8. The largest absolute Gasteiger partial charge is 0.282 e. The number of aryl methyl sites for hydroxylation is 4. The smallest absolute Gasteiger partial charge is 0.0631 e. The first-order chi connectivity index (χ1) is 9.82. The molecular formula is C17H28N4. The summed E-state index contributed by atoms with van der Waals surface area (Å²) in [6, 6.07) is 0. The summed E-state index contributed by atoms with van der Waals surface area (Å²) in [5.74, 6) is 1.03. The molecule has 21 heavy (non-hydrogen) atoms. The molecule has 2 aromatic heterocycles. The lowest BCUT2D eigenvalue weighted by atomic mass is 9.96. The van der Waals surface area contributed by atoms with Crippen LogP contribution in [0.15, 0.2) is 0 Å². The van der Waals surface area contributed by atoms with Crippen molar-refractivity contribution < 1.29 is 0 Å². The van der Waals surface area contributed by atoms with Gasteiger partial charge in [0.1, 0.15) is 0 Å². The van der Waals surface area contributed by atoms with Crippen LogP contribution in [0.3, 0.4) is 0 Å². The summed E-state index contributed by atoms with van der Waals surface area (Å²) in [5.41, 5.74) is 7.56. The van der Waals surface area contributed by atoms with Crippen molar-refractivity contribution in [3.8, 4) is 0 Å². The summed E-state index contributed by atoms with van der Waals surface area (Å²) in [4.78, 5) is 0. The van der Waals surface area contributed by atoms with Crippen molar-refractivity contribution in [1.29, 1.82) is 0 Å². The van der Waals surface area contributed by atoms with E-state index in [9.17, 15) is 0 Å². The highest BCUT2D eigenvalue weighted by Crippen LogP contribution is 2.27. The van der Waals surface area contributed by atoms with E-state index in [1.54, 1.807) is 0 Å². The lowest BCUT2D eigenvalue weighted by Gasteiger charge is -2.13. The number of aromatic amines is 1. The molecule has 0 saturated heterocycles. The second-order valence-electron chi connectivity index (χ2n) is 6.50. The topological polar surface area (TPSA) is 46.5 Å². The van der Waals surface area contributed by atoms with E-state index in [4.69, 9.17) is 5.10 Å². The van der Waals surface area contributed by atoms with Gasteiger partial charge in [-0.1, -0.05) is 20.8 Å². The second-order valence-corrected chi connectivity index (χ2v) is 6.50. The lowest BCUT2D eigenvalue weighted by molar-refractivity contribution is 0.519. The van der Waals surface area contributed by atoms with Gasteiger partial charge in [0.2, 0.25) is 0 Å². The molecule has 2 aromatic rings. The highest BCUT2D eigenvalue weighted by molar-refractivity contribution is 5.28. The van der Waals surface area contributed by atoms with Crippen molar-refractivity contribution in [1.82, 2.24) is 20.0 Å². The number of aromatic nitrogens is 4. The number of rotatable bonds is 5. The SMILES string of the molecule is Cc1nn(CCC(C)c2c(C)n[nH]c2C)c(C)c1C(C)C. The fourth-order valence-corrected chi connectivity index (χ4v) is 3.51. The maximum absolute atomic E-state index is 4.72. The zero-order valence-corrected chi connectivity index (χ0v) is 14.4. The first-order valence-corrected chi connectivity index (χ1v) is 7.88. The summed E-state index contributed by atoms with van der Waals surface area (Å²) in [7, 11) is 0. The van der Waals surface area contributed by atoms with Crippen LogP contribution in [0.2, 0.25) is 0 Å². The Bertz CT molecular complexity index is 600. The molecule has 116 valence electrons. The van der Waals surface area contributed by atoms with Crippen molar-refractivity contribution in [2.45, 2.75) is 73.3 Å². The number of H-pyrrole nitrogens is 1. The Morgan fingerprint density at radius 2 is 1.67 bits per heavy atom. The normalized spacial score (nSPS) is 13.1. The maximum Gasteiger partial charge on any atom is 0.0631 e. The fraction of sp³-hybridized carbons (Fsp3) is 0.647. The third-order valence-corrected chi connectivity index (χ3v) is 4.47. The number of hydrogen-bond donors (Lipinski definition) is 1. The molecule has 4 nitrogen and oxygen atoms in total. The van der Waals surface area contributed by atoms with Gasteiger partial charge in [-0.3, -0.25) is 9.78 Å². The second kappa shape index (κ2) is 6.04. The minimum atomic E-state index is 0.496. The number of hydrogen-bond acceptors (Lipinski definition) is 2. The van der Waals surface area contributed by atoms with Gasteiger partial charge in [-0.25, -0.2) is 0 Å². The van der Waals surface area contributed by atoms with Crippen LogP contribution in [-0.4, -0.2) is 20.0 Å². The zero-order chi connectivity index (χ0) is 15.7. The van der Waals surface area contributed by atoms with E-state index in [2.05, 4.69) is 63.3 Å². The minimum absolute atomic E-state index is 0.496. The predicted octanol–water partition coefficient (Wildman–Crippen LogP) is 4.16. The molecule has 0 radical (unpaired) electrons. The molecule has 1 atom stereocenters. The molecule has 2 heterocycles. The Kier molecular flexibility index (Phi) is 4.55. The van der Waals surface area contributed by atoms with Crippen LogP contribution in [0, 0.1) is 27.7 Å². The van der Waals surface area contributed by atoms with Gasteiger partial charge in [0.15, 0.2) is 0 Å². The molecular weight excluding hydrogens is 260 g/mol. The molecule has 0 fully saturated rings.